The zero-order valence-corrected chi connectivity index (χ0v) is 11.4. The maximum atomic E-state index is 11.9. The summed E-state index contributed by atoms with van der Waals surface area (Å²) in [6.45, 7) is 2.25. The van der Waals surface area contributed by atoms with Crippen molar-refractivity contribution in [2.24, 2.45) is 0 Å². The van der Waals surface area contributed by atoms with Gasteiger partial charge in [0.1, 0.15) is 6.61 Å². The molecule has 1 heterocycles. The summed E-state index contributed by atoms with van der Waals surface area (Å²) in [6, 6.07) is 4.43. The number of nitrogens with zero attached hydrogens (tertiary/aromatic N) is 2. The number of esters is 2. The molecule has 1 aliphatic rings. The van der Waals surface area contributed by atoms with E-state index < -0.39 is 22.9 Å². The van der Waals surface area contributed by atoms with Gasteiger partial charge in [0.15, 0.2) is 0 Å². The molecule has 0 bridgehead atoms. The van der Waals surface area contributed by atoms with Crippen molar-refractivity contribution in [1.82, 2.24) is 0 Å². The number of ether oxygens (including phenoxy) is 2. The summed E-state index contributed by atoms with van der Waals surface area (Å²) in [7, 11) is 0. The predicted molar refractivity (Wildman–Crippen MR) is 71.8 cm³/mol. The van der Waals surface area contributed by atoms with Crippen molar-refractivity contribution in [3.63, 3.8) is 0 Å². The molecule has 1 unspecified atom stereocenters. The van der Waals surface area contributed by atoms with E-state index in [4.69, 9.17) is 9.47 Å². The van der Waals surface area contributed by atoms with Gasteiger partial charge in [-0.05, 0) is 19.1 Å². The number of hydrogen-bond acceptors (Lipinski definition) is 7. The summed E-state index contributed by atoms with van der Waals surface area (Å²) >= 11 is 0. The van der Waals surface area contributed by atoms with Crippen LogP contribution in [0.25, 0.3) is 0 Å². The lowest BCUT2D eigenvalue weighted by atomic mass is 10.1. The van der Waals surface area contributed by atoms with Gasteiger partial charge in [-0.15, -0.1) is 0 Å². The van der Waals surface area contributed by atoms with Crippen molar-refractivity contribution < 1.29 is 24.0 Å². The number of cyclic esters (lactones) is 1. The number of nitro benzene ring substituents is 1. The number of hydrogen-bond donors (Lipinski definition) is 0. The van der Waals surface area contributed by atoms with Crippen molar-refractivity contribution in [1.29, 1.82) is 0 Å². The topological polar surface area (TPSA) is 99.0 Å². The first-order chi connectivity index (χ1) is 10.0. The Kier molecular flexibility index (Phi) is 4.36. The highest BCUT2D eigenvalue weighted by molar-refractivity contribution is 6.03. The van der Waals surface area contributed by atoms with Gasteiger partial charge in [-0.2, -0.15) is 0 Å². The van der Waals surface area contributed by atoms with E-state index in [-0.39, 0.29) is 18.9 Å². The molecule has 8 nitrogen and oxygen atoms in total. The summed E-state index contributed by atoms with van der Waals surface area (Å²) in [6.07, 6.45) is 0. The van der Waals surface area contributed by atoms with Gasteiger partial charge in [0.05, 0.1) is 18.1 Å². The van der Waals surface area contributed by atoms with E-state index in [1.54, 1.807) is 6.92 Å². The number of benzene rings is 1. The van der Waals surface area contributed by atoms with Crippen LogP contribution in [-0.4, -0.2) is 42.7 Å². The summed E-state index contributed by atoms with van der Waals surface area (Å²) in [4.78, 5) is 35.3. The van der Waals surface area contributed by atoms with Crippen LogP contribution < -0.4 is 4.90 Å². The lowest BCUT2D eigenvalue weighted by molar-refractivity contribution is -0.384. The molecule has 8 heteroatoms. The smallest absolute Gasteiger partial charge is 0.340 e. The SMILES string of the molecule is CCOC(=O)C1C(=O)OCCN1c1ccc([N+](=O)[O-])cc1. The van der Waals surface area contributed by atoms with E-state index >= 15 is 0 Å². The molecule has 1 aliphatic heterocycles. The monoisotopic (exact) mass is 294 g/mol. The summed E-state index contributed by atoms with van der Waals surface area (Å²) in [5.74, 6) is -1.38. The number of nitro groups is 1. The second kappa shape index (κ2) is 6.21. The van der Waals surface area contributed by atoms with Gasteiger partial charge in [-0.25, -0.2) is 9.59 Å². The molecule has 21 heavy (non-hydrogen) atoms. The van der Waals surface area contributed by atoms with Crippen LogP contribution in [0, 0.1) is 10.1 Å². The fourth-order valence-corrected chi connectivity index (χ4v) is 2.07. The molecule has 1 aromatic rings. The van der Waals surface area contributed by atoms with Gasteiger partial charge in [-0.3, -0.25) is 10.1 Å². The third kappa shape index (κ3) is 3.10. The van der Waals surface area contributed by atoms with Crippen LogP contribution in [0.5, 0.6) is 0 Å². The third-order valence-electron chi connectivity index (χ3n) is 3.01. The van der Waals surface area contributed by atoms with Gasteiger partial charge in [0.25, 0.3) is 5.69 Å². The van der Waals surface area contributed by atoms with Crippen molar-refractivity contribution in [3.8, 4) is 0 Å². The zero-order valence-electron chi connectivity index (χ0n) is 11.4. The first kappa shape index (κ1) is 14.8. The molecule has 0 spiro atoms. The molecule has 0 N–H and O–H groups in total. The van der Waals surface area contributed by atoms with E-state index in [0.29, 0.717) is 12.2 Å². The van der Waals surface area contributed by atoms with Crippen molar-refractivity contribution in [2.75, 3.05) is 24.7 Å². The number of morpholine rings is 1. The Bertz CT molecular complexity index is 556. The number of non-ortho nitro benzene ring substituents is 1. The molecular weight excluding hydrogens is 280 g/mol. The fraction of sp³-hybridized carbons (Fsp3) is 0.385. The molecule has 1 atom stereocenters. The predicted octanol–water partition coefficient (Wildman–Crippen LogP) is 0.890. The molecule has 0 saturated carbocycles. The second-order valence-corrected chi connectivity index (χ2v) is 4.29. The van der Waals surface area contributed by atoms with E-state index in [1.807, 2.05) is 0 Å². The molecule has 0 aromatic heterocycles. The minimum absolute atomic E-state index is 0.0639. The Morgan fingerprint density at radius 3 is 2.71 bits per heavy atom. The Morgan fingerprint density at radius 2 is 2.14 bits per heavy atom. The Labute approximate surface area is 120 Å². The molecule has 0 amide bonds. The summed E-state index contributed by atoms with van der Waals surface area (Å²) in [5.41, 5.74) is 0.460. The first-order valence-corrected chi connectivity index (χ1v) is 6.39. The van der Waals surface area contributed by atoms with Crippen molar-refractivity contribution in [2.45, 2.75) is 13.0 Å². The maximum absolute atomic E-state index is 11.9. The average molecular weight is 294 g/mol. The van der Waals surface area contributed by atoms with E-state index in [9.17, 15) is 19.7 Å². The van der Waals surface area contributed by atoms with Gasteiger partial charge in [0.2, 0.25) is 6.04 Å². The van der Waals surface area contributed by atoms with E-state index in [1.165, 1.54) is 29.2 Å². The number of carbonyl (C=O) groups is 2. The molecule has 0 radical (unpaired) electrons. The second-order valence-electron chi connectivity index (χ2n) is 4.29. The fourth-order valence-electron chi connectivity index (χ4n) is 2.07. The zero-order chi connectivity index (χ0) is 15.4. The van der Waals surface area contributed by atoms with E-state index in [0.717, 1.165) is 0 Å². The number of anilines is 1. The molecular formula is C13H14N2O6. The highest BCUT2D eigenvalue weighted by Crippen LogP contribution is 2.24. The minimum atomic E-state index is -1.18. The standard InChI is InChI=1S/C13H14N2O6/c1-2-20-12(16)11-13(17)21-8-7-14(11)9-3-5-10(6-4-9)15(18)19/h3-6,11H,2,7-8H2,1H3. The average Bonchev–Trinajstić information content (AvgIpc) is 2.47. The molecule has 112 valence electrons. The number of rotatable bonds is 4. The van der Waals surface area contributed by atoms with Crippen molar-refractivity contribution in [3.05, 3.63) is 34.4 Å². The number of carbonyl (C=O) groups excluding carboxylic acids is 2. The van der Waals surface area contributed by atoms with Gasteiger partial charge >= 0.3 is 11.9 Å². The molecule has 0 aliphatic carbocycles. The maximum Gasteiger partial charge on any atom is 0.340 e. The molecule has 1 aromatic carbocycles. The molecule has 1 saturated heterocycles. The van der Waals surface area contributed by atoms with Crippen LogP contribution >= 0.6 is 0 Å². The van der Waals surface area contributed by atoms with Gasteiger partial charge in [0, 0.05) is 17.8 Å². The first-order valence-electron chi connectivity index (χ1n) is 6.39. The Balaban J connectivity index is 2.27. The lowest BCUT2D eigenvalue weighted by Crippen LogP contribution is -2.54. The van der Waals surface area contributed by atoms with Crippen LogP contribution in [0.1, 0.15) is 6.92 Å². The largest absolute Gasteiger partial charge is 0.464 e. The van der Waals surface area contributed by atoms with Crippen molar-refractivity contribution >= 4 is 23.3 Å². The highest BCUT2D eigenvalue weighted by atomic mass is 16.6. The summed E-state index contributed by atoms with van der Waals surface area (Å²) < 4.78 is 9.76. The van der Waals surface area contributed by atoms with Crippen LogP contribution in [0.2, 0.25) is 0 Å². The summed E-state index contributed by atoms with van der Waals surface area (Å²) in [5, 5.41) is 10.6. The quantitative estimate of drug-likeness (QED) is 0.352. The van der Waals surface area contributed by atoms with E-state index in [2.05, 4.69) is 0 Å². The van der Waals surface area contributed by atoms with Crippen LogP contribution in [0.3, 0.4) is 0 Å². The minimum Gasteiger partial charge on any atom is -0.464 e. The lowest BCUT2D eigenvalue weighted by Gasteiger charge is -2.34. The molecule has 2 rings (SSSR count). The highest BCUT2D eigenvalue weighted by Gasteiger charge is 2.39. The van der Waals surface area contributed by atoms with Crippen LogP contribution in [0.15, 0.2) is 24.3 Å². The Hall–Kier alpha value is -2.64. The normalized spacial score (nSPS) is 18.0. The third-order valence-corrected chi connectivity index (χ3v) is 3.01. The van der Waals surface area contributed by atoms with Gasteiger partial charge in [-0.1, -0.05) is 0 Å². The van der Waals surface area contributed by atoms with Gasteiger partial charge < -0.3 is 14.4 Å². The van der Waals surface area contributed by atoms with Crippen LogP contribution in [-0.2, 0) is 19.1 Å². The van der Waals surface area contributed by atoms with Crippen LogP contribution in [0.4, 0.5) is 11.4 Å². The molecule has 1 fully saturated rings. The Morgan fingerprint density at radius 1 is 1.48 bits per heavy atom.